The van der Waals surface area contributed by atoms with Crippen LogP contribution in [-0.4, -0.2) is 24.8 Å². The van der Waals surface area contributed by atoms with Gasteiger partial charge >= 0.3 is 5.97 Å². The van der Waals surface area contributed by atoms with Crippen molar-refractivity contribution in [1.29, 1.82) is 5.26 Å². The zero-order valence-corrected chi connectivity index (χ0v) is 15.1. The van der Waals surface area contributed by atoms with Crippen molar-refractivity contribution in [1.82, 2.24) is 4.57 Å². The van der Waals surface area contributed by atoms with Crippen molar-refractivity contribution in [2.24, 2.45) is 0 Å². The molecule has 0 aliphatic rings. The highest BCUT2D eigenvalue weighted by Gasteiger charge is 2.22. The molecule has 2 aromatic carbocycles. The molecule has 0 saturated carbocycles. The minimum absolute atomic E-state index is 0.0164. The van der Waals surface area contributed by atoms with Crippen LogP contribution in [0, 0.1) is 17.1 Å². The molecule has 8 heteroatoms. The highest BCUT2D eigenvalue weighted by molar-refractivity contribution is 5.95. The summed E-state index contributed by atoms with van der Waals surface area (Å²) in [6, 6.07) is 12.7. The van der Waals surface area contributed by atoms with Crippen LogP contribution < -0.4 is 15.2 Å². The van der Waals surface area contributed by atoms with Crippen LogP contribution in [0.1, 0.15) is 16.1 Å². The summed E-state index contributed by atoms with van der Waals surface area (Å²) in [5.41, 5.74) is 6.12. The van der Waals surface area contributed by atoms with Gasteiger partial charge in [0, 0.05) is 24.0 Å². The smallest absolute Gasteiger partial charge is 0.357 e. The summed E-state index contributed by atoms with van der Waals surface area (Å²) < 4.78 is 31.3. The summed E-state index contributed by atoms with van der Waals surface area (Å²) in [6.45, 7) is 0. The van der Waals surface area contributed by atoms with E-state index < -0.39 is 11.8 Å². The molecule has 0 fully saturated rings. The zero-order valence-electron chi connectivity index (χ0n) is 15.1. The number of hydrogen-bond acceptors (Lipinski definition) is 6. The van der Waals surface area contributed by atoms with Gasteiger partial charge in [-0.15, -0.1) is 0 Å². The molecule has 2 N–H and O–H groups in total. The number of hydrogen-bond donors (Lipinski definition) is 1. The van der Waals surface area contributed by atoms with Crippen LogP contribution in [0.25, 0.3) is 5.69 Å². The van der Waals surface area contributed by atoms with E-state index >= 15 is 0 Å². The highest BCUT2D eigenvalue weighted by atomic mass is 19.1. The Bertz CT molecular complexity index is 1090. The SMILES string of the molecule is COC(=O)c1c(N)c(C#N)cn1-c1ccc(Oc2cccc(OC)c2)c(F)c1. The first kappa shape index (κ1) is 18.8. The fraction of sp³-hybridized carbons (Fsp3) is 0.100. The van der Waals surface area contributed by atoms with Gasteiger partial charge in [-0.05, 0) is 24.3 Å². The average Bonchev–Trinajstić information content (AvgIpc) is 3.05. The van der Waals surface area contributed by atoms with Gasteiger partial charge in [-0.1, -0.05) is 6.07 Å². The molecular weight excluding hydrogens is 365 g/mol. The van der Waals surface area contributed by atoms with Gasteiger partial charge in [0.25, 0.3) is 0 Å². The van der Waals surface area contributed by atoms with E-state index in [-0.39, 0.29) is 28.4 Å². The predicted molar refractivity (Wildman–Crippen MR) is 99.3 cm³/mol. The van der Waals surface area contributed by atoms with Crippen molar-refractivity contribution < 1.29 is 23.4 Å². The first-order valence-corrected chi connectivity index (χ1v) is 8.09. The molecule has 1 heterocycles. The number of rotatable bonds is 5. The van der Waals surface area contributed by atoms with Crippen LogP contribution in [0.15, 0.2) is 48.7 Å². The Morgan fingerprint density at radius 2 is 1.93 bits per heavy atom. The summed E-state index contributed by atoms with van der Waals surface area (Å²) in [6.07, 6.45) is 1.35. The maximum Gasteiger partial charge on any atom is 0.357 e. The molecule has 0 aliphatic carbocycles. The predicted octanol–water partition coefficient (Wildman–Crippen LogP) is 3.66. The first-order chi connectivity index (χ1) is 13.5. The lowest BCUT2D eigenvalue weighted by atomic mass is 10.2. The van der Waals surface area contributed by atoms with Crippen LogP contribution >= 0.6 is 0 Å². The van der Waals surface area contributed by atoms with E-state index in [4.69, 9.17) is 25.2 Å². The lowest BCUT2D eigenvalue weighted by Crippen LogP contribution is -2.11. The van der Waals surface area contributed by atoms with Gasteiger partial charge in [0.05, 0.1) is 25.5 Å². The molecule has 28 heavy (non-hydrogen) atoms. The fourth-order valence-electron chi connectivity index (χ4n) is 2.63. The normalized spacial score (nSPS) is 10.2. The Hall–Kier alpha value is -3.99. The van der Waals surface area contributed by atoms with Gasteiger partial charge in [-0.25, -0.2) is 9.18 Å². The van der Waals surface area contributed by atoms with Gasteiger partial charge in [0.15, 0.2) is 17.3 Å². The number of halogens is 1. The quantitative estimate of drug-likeness (QED) is 0.677. The molecule has 1 aromatic heterocycles. The molecule has 7 nitrogen and oxygen atoms in total. The van der Waals surface area contributed by atoms with Crippen molar-refractivity contribution in [3.05, 3.63) is 65.7 Å². The first-order valence-electron chi connectivity index (χ1n) is 8.09. The average molecular weight is 381 g/mol. The van der Waals surface area contributed by atoms with Gasteiger partial charge in [0.1, 0.15) is 17.6 Å². The number of benzene rings is 2. The number of ether oxygens (including phenoxy) is 3. The molecule has 0 saturated heterocycles. The van der Waals surface area contributed by atoms with Crippen LogP contribution in [0.3, 0.4) is 0 Å². The lowest BCUT2D eigenvalue weighted by molar-refractivity contribution is 0.0593. The van der Waals surface area contributed by atoms with Crippen LogP contribution in [0.2, 0.25) is 0 Å². The Balaban J connectivity index is 1.99. The third-order valence-electron chi connectivity index (χ3n) is 4.01. The van der Waals surface area contributed by atoms with E-state index in [1.807, 2.05) is 6.07 Å². The fourth-order valence-corrected chi connectivity index (χ4v) is 2.63. The van der Waals surface area contributed by atoms with E-state index in [1.54, 1.807) is 24.3 Å². The second-order valence-corrected chi connectivity index (χ2v) is 5.67. The maximum absolute atomic E-state index is 14.6. The molecule has 0 aliphatic heterocycles. The molecule has 3 rings (SSSR count). The van der Waals surface area contributed by atoms with E-state index in [9.17, 15) is 9.18 Å². The van der Waals surface area contributed by atoms with Crippen molar-refractivity contribution in [3.63, 3.8) is 0 Å². The van der Waals surface area contributed by atoms with E-state index in [2.05, 4.69) is 0 Å². The largest absolute Gasteiger partial charge is 0.497 e. The van der Waals surface area contributed by atoms with Gasteiger partial charge in [0.2, 0.25) is 0 Å². The summed E-state index contributed by atoms with van der Waals surface area (Å²) >= 11 is 0. The Kier molecular flexibility index (Phi) is 5.18. The number of esters is 1. The number of nitrogens with two attached hydrogens (primary N) is 1. The Morgan fingerprint density at radius 1 is 1.18 bits per heavy atom. The molecule has 3 aromatic rings. The Labute approximate surface area is 160 Å². The van der Waals surface area contributed by atoms with Crippen LogP contribution in [0.4, 0.5) is 10.1 Å². The molecule has 0 amide bonds. The third kappa shape index (κ3) is 3.46. The number of methoxy groups -OCH3 is 2. The van der Waals surface area contributed by atoms with E-state index in [1.165, 1.54) is 43.2 Å². The maximum atomic E-state index is 14.6. The lowest BCUT2D eigenvalue weighted by Gasteiger charge is -2.12. The minimum Gasteiger partial charge on any atom is -0.497 e. The zero-order chi connectivity index (χ0) is 20.3. The molecule has 0 unspecified atom stereocenters. The van der Waals surface area contributed by atoms with Gasteiger partial charge < -0.3 is 24.5 Å². The van der Waals surface area contributed by atoms with Crippen LogP contribution in [-0.2, 0) is 4.74 Å². The number of nitriles is 1. The van der Waals surface area contributed by atoms with Gasteiger partial charge in [-0.2, -0.15) is 5.26 Å². The summed E-state index contributed by atoms with van der Waals surface area (Å²) in [5.74, 6) is -0.447. The minimum atomic E-state index is -0.740. The number of nitrogens with zero attached hydrogens (tertiary/aromatic N) is 2. The summed E-state index contributed by atoms with van der Waals surface area (Å²) in [4.78, 5) is 12.0. The van der Waals surface area contributed by atoms with Crippen molar-refractivity contribution in [2.45, 2.75) is 0 Å². The Morgan fingerprint density at radius 3 is 2.57 bits per heavy atom. The molecule has 0 bridgehead atoms. The number of aromatic nitrogens is 1. The van der Waals surface area contributed by atoms with Crippen molar-refractivity contribution >= 4 is 11.7 Å². The monoisotopic (exact) mass is 381 g/mol. The third-order valence-corrected chi connectivity index (χ3v) is 4.01. The van der Waals surface area contributed by atoms with Crippen LogP contribution in [0.5, 0.6) is 17.2 Å². The second-order valence-electron chi connectivity index (χ2n) is 5.67. The molecule has 142 valence electrons. The molecule has 0 atom stereocenters. The summed E-state index contributed by atoms with van der Waals surface area (Å²) in [5, 5.41) is 9.16. The molecular formula is C20H16FN3O4. The number of anilines is 1. The van der Waals surface area contributed by atoms with E-state index in [0.29, 0.717) is 11.5 Å². The van der Waals surface area contributed by atoms with E-state index in [0.717, 1.165) is 0 Å². The standard InChI is InChI=1S/C20H16FN3O4/c1-26-14-4-3-5-15(9-14)28-17-7-6-13(8-16(17)21)24-11-12(10-22)18(23)19(24)20(25)27-2/h3-9,11H,23H2,1-2H3. The summed E-state index contributed by atoms with van der Waals surface area (Å²) in [7, 11) is 2.71. The number of carbonyl (C=O) groups excluding carboxylic acids is 1. The molecule has 0 radical (unpaired) electrons. The van der Waals surface area contributed by atoms with Crippen molar-refractivity contribution in [2.75, 3.05) is 20.0 Å². The van der Waals surface area contributed by atoms with Gasteiger partial charge in [-0.3, -0.25) is 0 Å². The molecule has 0 spiro atoms. The second kappa shape index (κ2) is 7.72. The topological polar surface area (TPSA) is 99.5 Å². The highest BCUT2D eigenvalue weighted by Crippen LogP contribution is 2.30. The van der Waals surface area contributed by atoms with Crippen molar-refractivity contribution in [3.8, 4) is 29.0 Å². The number of nitrogen functional groups attached to an aromatic ring is 1. The number of carbonyl (C=O) groups is 1.